The minimum atomic E-state index is -0.377. The van der Waals surface area contributed by atoms with Gasteiger partial charge in [-0.15, -0.1) is 10.2 Å². The van der Waals surface area contributed by atoms with Crippen molar-refractivity contribution >= 4 is 17.4 Å². The van der Waals surface area contributed by atoms with Gasteiger partial charge in [0.25, 0.3) is 5.69 Å². The van der Waals surface area contributed by atoms with Crippen LogP contribution in [0.2, 0.25) is 0 Å². The fourth-order valence-electron chi connectivity index (χ4n) is 2.41. The topological polar surface area (TPSA) is 73.8 Å². The molecule has 122 valence electrons. The Morgan fingerprint density at radius 2 is 1.88 bits per heavy atom. The summed E-state index contributed by atoms with van der Waals surface area (Å²) >= 11 is 1.53. The van der Waals surface area contributed by atoms with Crippen molar-refractivity contribution < 1.29 is 4.92 Å². The lowest BCUT2D eigenvalue weighted by Crippen LogP contribution is -2.00. The summed E-state index contributed by atoms with van der Waals surface area (Å²) in [5, 5.41) is 20.1. The monoisotopic (exact) mass is 340 g/mol. The molecule has 0 saturated carbocycles. The Bertz CT molecular complexity index is 864. The van der Waals surface area contributed by atoms with Crippen LogP contribution in [0.5, 0.6) is 0 Å². The van der Waals surface area contributed by atoms with E-state index >= 15 is 0 Å². The quantitative estimate of drug-likeness (QED) is 0.392. The van der Waals surface area contributed by atoms with E-state index in [9.17, 15) is 10.1 Å². The maximum Gasteiger partial charge on any atom is 0.269 e. The van der Waals surface area contributed by atoms with Crippen molar-refractivity contribution in [2.45, 2.75) is 24.3 Å². The van der Waals surface area contributed by atoms with Crippen LogP contribution in [-0.2, 0) is 0 Å². The van der Waals surface area contributed by atoms with Crippen molar-refractivity contribution in [3.05, 3.63) is 76.1 Å². The first-order valence-electron chi connectivity index (χ1n) is 7.44. The highest BCUT2D eigenvalue weighted by Gasteiger charge is 2.17. The Balaban J connectivity index is 1.89. The largest absolute Gasteiger partial charge is 0.274 e. The second kappa shape index (κ2) is 6.84. The summed E-state index contributed by atoms with van der Waals surface area (Å²) in [6.07, 6.45) is 0. The van der Waals surface area contributed by atoms with E-state index in [2.05, 4.69) is 10.2 Å². The van der Waals surface area contributed by atoms with Gasteiger partial charge in [-0.2, -0.15) is 0 Å². The summed E-state index contributed by atoms with van der Waals surface area (Å²) in [6, 6.07) is 16.6. The zero-order valence-electron chi connectivity index (χ0n) is 13.3. The third kappa shape index (κ3) is 3.30. The molecular weight excluding hydrogens is 324 g/mol. The second-order valence-electron chi connectivity index (χ2n) is 5.31. The molecule has 0 aliphatic carbocycles. The van der Waals surface area contributed by atoms with Crippen LogP contribution >= 0.6 is 11.8 Å². The molecule has 0 aliphatic rings. The summed E-state index contributed by atoms with van der Waals surface area (Å²) in [5.74, 6) is 0.801. The zero-order chi connectivity index (χ0) is 17.1. The van der Waals surface area contributed by atoms with E-state index in [1.54, 1.807) is 12.1 Å². The number of thioether (sulfide) groups is 1. The average molecular weight is 340 g/mol. The second-order valence-corrected chi connectivity index (χ2v) is 6.62. The number of aromatic nitrogens is 3. The third-order valence-corrected chi connectivity index (χ3v) is 4.74. The maximum atomic E-state index is 10.9. The number of aryl methyl sites for hydroxylation is 1. The van der Waals surface area contributed by atoms with Crippen molar-refractivity contribution in [2.24, 2.45) is 0 Å². The molecule has 0 spiro atoms. The van der Waals surface area contributed by atoms with Gasteiger partial charge in [0.15, 0.2) is 5.16 Å². The number of para-hydroxylation sites is 1. The van der Waals surface area contributed by atoms with Crippen LogP contribution in [0.25, 0.3) is 5.69 Å². The predicted octanol–water partition coefficient (Wildman–Crippen LogP) is 4.34. The Morgan fingerprint density at radius 1 is 1.12 bits per heavy atom. The van der Waals surface area contributed by atoms with Gasteiger partial charge in [-0.05, 0) is 31.5 Å². The number of hydrogen-bond acceptors (Lipinski definition) is 5. The normalized spacial score (nSPS) is 12.1. The highest BCUT2D eigenvalue weighted by molar-refractivity contribution is 7.99. The van der Waals surface area contributed by atoms with E-state index in [-0.39, 0.29) is 15.9 Å². The van der Waals surface area contributed by atoms with Crippen molar-refractivity contribution in [2.75, 3.05) is 0 Å². The van der Waals surface area contributed by atoms with Gasteiger partial charge in [0.1, 0.15) is 5.82 Å². The molecule has 0 unspecified atom stereocenters. The summed E-state index contributed by atoms with van der Waals surface area (Å²) in [5.41, 5.74) is 1.98. The number of nitro benzene ring substituents is 1. The average Bonchev–Trinajstić information content (AvgIpc) is 2.96. The smallest absolute Gasteiger partial charge is 0.269 e. The molecule has 7 heteroatoms. The van der Waals surface area contributed by atoms with Gasteiger partial charge in [0.2, 0.25) is 0 Å². The molecule has 3 aromatic rings. The molecule has 2 aromatic carbocycles. The van der Waals surface area contributed by atoms with Crippen LogP contribution in [0.4, 0.5) is 5.69 Å². The summed E-state index contributed by atoms with van der Waals surface area (Å²) in [7, 11) is 0. The lowest BCUT2D eigenvalue weighted by molar-refractivity contribution is -0.384. The van der Waals surface area contributed by atoms with E-state index in [1.165, 1.54) is 17.8 Å². The van der Waals surface area contributed by atoms with Gasteiger partial charge in [-0.1, -0.05) is 42.1 Å². The van der Waals surface area contributed by atoms with Crippen molar-refractivity contribution in [3.63, 3.8) is 0 Å². The Hall–Kier alpha value is -2.67. The van der Waals surface area contributed by atoms with Crippen LogP contribution in [0.15, 0.2) is 59.8 Å². The molecular formula is C17H16N4O2S. The highest BCUT2D eigenvalue weighted by atomic mass is 32.2. The first kappa shape index (κ1) is 16.2. The molecule has 0 saturated heterocycles. The van der Waals surface area contributed by atoms with Gasteiger partial charge in [0, 0.05) is 23.1 Å². The Labute approximate surface area is 143 Å². The number of nitro groups is 1. The molecule has 0 aliphatic heterocycles. The number of non-ortho nitro benzene ring substituents is 1. The molecule has 0 N–H and O–H groups in total. The van der Waals surface area contributed by atoms with Crippen molar-refractivity contribution in [1.82, 2.24) is 14.8 Å². The molecule has 24 heavy (non-hydrogen) atoms. The van der Waals surface area contributed by atoms with Crippen LogP contribution in [-0.4, -0.2) is 19.7 Å². The van der Waals surface area contributed by atoms with Crippen LogP contribution in [0, 0.1) is 17.0 Å². The summed E-state index contributed by atoms with van der Waals surface area (Å²) in [6.45, 7) is 3.91. The molecule has 1 aromatic heterocycles. The van der Waals surface area contributed by atoms with Gasteiger partial charge in [-0.25, -0.2) is 0 Å². The molecule has 6 nitrogen and oxygen atoms in total. The first-order chi connectivity index (χ1) is 11.6. The van der Waals surface area contributed by atoms with Gasteiger partial charge in [0.05, 0.1) is 4.92 Å². The fraction of sp³-hybridized carbons (Fsp3) is 0.176. The SMILES string of the molecule is Cc1nnc(S[C@H](C)c2cccc([N+](=O)[O-])c2)n1-c1ccccc1. The molecule has 0 amide bonds. The molecule has 1 atom stereocenters. The van der Waals surface area contributed by atoms with E-state index < -0.39 is 0 Å². The minimum absolute atomic E-state index is 0.0102. The number of nitrogens with zero attached hydrogens (tertiary/aromatic N) is 4. The fourth-order valence-corrected chi connectivity index (χ4v) is 3.44. The molecule has 0 fully saturated rings. The van der Waals surface area contributed by atoms with Crippen molar-refractivity contribution in [1.29, 1.82) is 0 Å². The predicted molar refractivity (Wildman–Crippen MR) is 93.5 cm³/mol. The summed E-state index contributed by atoms with van der Waals surface area (Å²) in [4.78, 5) is 10.6. The minimum Gasteiger partial charge on any atom is -0.274 e. The van der Waals surface area contributed by atoms with Gasteiger partial charge < -0.3 is 0 Å². The summed E-state index contributed by atoms with van der Waals surface area (Å²) < 4.78 is 1.98. The lowest BCUT2D eigenvalue weighted by atomic mass is 10.1. The Morgan fingerprint density at radius 3 is 2.58 bits per heavy atom. The Kier molecular flexibility index (Phi) is 4.61. The standard InChI is InChI=1S/C17H16N4O2S/c1-12(14-7-6-10-16(11-14)21(22)23)24-17-19-18-13(2)20(17)15-8-4-3-5-9-15/h3-12H,1-2H3/t12-/m1/s1. The lowest BCUT2D eigenvalue weighted by Gasteiger charge is -2.13. The van der Waals surface area contributed by atoms with Crippen LogP contribution in [0.3, 0.4) is 0 Å². The van der Waals surface area contributed by atoms with Crippen molar-refractivity contribution in [3.8, 4) is 5.69 Å². The molecule has 0 bridgehead atoms. The van der Waals surface area contributed by atoms with E-state index in [0.29, 0.717) is 0 Å². The van der Waals surface area contributed by atoms with Crippen LogP contribution < -0.4 is 0 Å². The van der Waals surface area contributed by atoms with E-state index in [4.69, 9.17) is 0 Å². The van der Waals surface area contributed by atoms with E-state index in [1.807, 2.05) is 54.8 Å². The van der Waals surface area contributed by atoms with Crippen LogP contribution in [0.1, 0.15) is 23.6 Å². The number of benzene rings is 2. The molecule has 0 radical (unpaired) electrons. The maximum absolute atomic E-state index is 10.9. The first-order valence-corrected chi connectivity index (χ1v) is 8.32. The van der Waals surface area contributed by atoms with Gasteiger partial charge >= 0.3 is 0 Å². The third-order valence-electron chi connectivity index (χ3n) is 3.64. The zero-order valence-corrected chi connectivity index (χ0v) is 14.1. The molecule has 1 heterocycles. The highest BCUT2D eigenvalue weighted by Crippen LogP contribution is 2.36. The van der Waals surface area contributed by atoms with Gasteiger partial charge in [-0.3, -0.25) is 14.7 Å². The number of hydrogen-bond donors (Lipinski definition) is 0. The molecule has 3 rings (SSSR count). The number of rotatable bonds is 5. The van der Waals surface area contributed by atoms with E-state index in [0.717, 1.165) is 22.2 Å².